The lowest BCUT2D eigenvalue weighted by atomic mass is 10.1. The lowest BCUT2D eigenvalue weighted by molar-refractivity contribution is 0.663. The van der Waals surface area contributed by atoms with Crippen LogP contribution in [0.4, 0.5) is 5.69 Å². The fraction of sp³-hybridized carbons (Fsp3) is 0.208. The number of imidazole rings is 1. The third-order valence-corrected chi connectivity index (χ3v) is 5.22. The van der Waals surface area contributed by atoms with Crippen molar-refractivity contribution in [3.05, 3.63) is 83.4 Å². The third kappa shape index (κ3) is 3.59. The number of nitrogen functional groups attached to an aromatic ring is 1. The summed E-state index contributed by atoms with van der Waals surface area (Å²) in [6, 6.07) is 23.1. The lowest BCUT2D eigenvalue weighted by Gasteiger charge is -2.10. The molecule has 0 saturated heterocycles. The van der Waals surface area contributed by atoms with Crippen LogP contribution in [0.15, 0.2) is 66.7 Å². The number of fused-ring (bicyclic) bond motifs is 1. The Balaban J connectivity index is 1.72. The van der Waals surface area contributed by atoms with Crippen molar-refractivity contribution in [2.24, 2.45) is 0 Å². The molecule has 27 heavy (non-hydrogen) atoms. The summed E-state index contributed by atoms with van der Waals surface area (Å²) in [5, 5.41) is 0. The van der Waals surface area contributed by atoms with Gasteiger partial charge in [0, 0.05) is 17.8 Å². The molecule has 3 nitrogen and oxygen atoms in total. The van der Waals surface area contributed by atoms with Crippen LogP contribution < -0.4 is 5.73 Å². The van der Waals surface area contributed by atoms with Crippen molar-refractivity contribution in [1.29, 1.82) is 0 Å². The van der Waals surface area contributed by atoms with E-state index in [9.17, 15) is 0 Å². The van der Waals surface area contributed by atoms with Gasteiger partial charge in [-0.05, 0) is 79.8 Å². The predicted molar refractivity (Wildman–Crippen MR) is 114 cm³/mol. The first-order valence-electron chi connectivity index (χ1n) is 9.49. The van der Waals surface area contributed by atoms with Crippen LogP contribution in [0.3, 0.4) is 0 Å². The van der Waals surface area contributed by atoms with Gasteiger partial charge in [-0.15, -0.1) is 0 Å². The van der Waals surface area contributed by atoms with E-state index in [1.54, 1.807) is 0 Å². The largest absolute Gasteiger partial charge is 0.399 e. The maximum Gasteiger partial charge on any atom is 0.141 e. The zero-order valence-corrected chi connectivity index (χ0v) is 15.9. The van der Waals surface area contributed by atoms with E-state index < -0.39 is 0 Å². The first-order chi connectivity index (χ1) is 13.1. The Morgan fingerprint density at radius 3 is 2.33 bits per heavy atom. The molecule has 136 valence electrons. The maximum absolute atomic E-state index is 5.88. The van der Waals surface area contributed by atoms with E-state index in [1.807, 2.05) is 12.1 Å². The summed E-state index contributed by atoms with van der Waals surface area (Å²) in [7, 11) is 0. The Morgan fingerprint density at radius 1 is 0.889 bits per heavy atom. The molecule has 3 aromatic carbocycles. The summed E-state index contributed by atoms with van der Waals surface area (Å²) in [6.07, 6.45) is 2.14. The average Bonchev–Trinajstić information content (AvgIpc) is 3.01. The minimum Gasteiger partial charge on any atom is -0.399 e. The Hall–Kier alpha value is -3.07. The molecule has 0 fully saturated rings. The fourth-order valence-electron chi connectivity index (χ4n) is 3.54. The smallest absolute Gasteiger partial charge is 0.141 e. The Bertz CT molecular complexity index is 1060. The number of aryl methyl sites for hydroxylation is 4. The Labute approximate surface area is 160 Å². The van der Waals surface area contributed by atoms with Crippen LogP contribution in [-0.4, -0.2) is 9.55 Å². The zero-order chi connectivity index (χ0) is 18.8. The van der Waals surface area contributed by atoms with Crippen LogP contribution in [0.1, 0.15) is 23.1 Å². The molecule has 0 aliphatic rings. The van der Waals surface area contributed by atoms with Gasteiger partial charge in [-0.3, -0.25) is 0 Å². The number of rotatable bonds is 5. The van der Waals surface area contributed by atoms with E-state index in [0.717, 1.165) is 42.0 Å². The second-order valence-electron chi connectivity index (χ2n) is 7.22. The summed E-state index contributed by atoms with van der Waals surface area (Å²) >= 11 is 0. The number of nitrogens with two attached hydrogens (primary N) is 1. The van der Waals surface area contributed by atoms with Crippen LogP contribution in [0.25, 0.3) is 22.4 Å². The van der Waals surface area contributed by atoms with E-state index in [4.69, 9.17) is 10.7 Å². The summed E-state index contributed by atoms with van der Waals surface area (Å²) in [5.41, 5.74) is 14.0. The van der Waals surface area contributed by atoms with E-state index >= 15 is 0 Å². The highest BCUT2D eigenvalue weighted by Crippen LogP contribution is 2.28. The van der Waals surface area contributed by atoms with Crippen molar-refractivity contribution >= 4 is 16.7 Å². The summed E-state index contributed by atoms with van der Waals surface area (Å²) < 4.78 is 2.36. The molecule has 0 unspecified atom stereocenters. The van der Waals surface area contributed by atoms with Gasteiger partial charge in [-0.25, -0.2) is 4.98 Å². The molecule has 0 bridgehead atoms. The number of anilines is 1. The molecule has 0 saturated carbocycles. The second kappa shape index (κ2) is 7.28. The molecular weight excluding hydrogens is 330 g/mol. The molecule has 2 N–H and O–H groups in total. The molecular formula is C24H25N3. The molecule has 4 aromatic rings. The highest BCUT2D eigenvalue weighted by atomic mass is 15.1. The van der Waals surface area contributed by atoms with Crippen LogP contribution >= 0.6 is 0 Å². The summed E-state index contributed by atoms with van der Waals surface area (Å²) in [5.74, 6) is 1.02. The molecule has 0 aliphatic heterocycles. The van der Waals surface area contributed by atoms with Crippen molar-refractivity contribution < 1.29 is 0 Å². The summed E-state index contributed by atoms with van der Waals surface area (Å²) in [4.78, 5) is 4.96. The second-order valence-corrected chi connectivity index (χ2v) is 7.22. The molecule has 0 amide bonds. The normalized spacial score (nSPS) is 11.2. The van der Waals surface area contributed by atoms with Gasteiger partial charge in [-0.2, -0.15) is 0 Å². The van der Waals surface area contributed by atoms with Gasteiger partial charge in [0.2, 0.25) is 0 Å². The van der Waals surface area contributed by atoms with Crippen molar-refractivity contribution in [3.8, 4) is 11.4 Å². The zero-order valence-electron chi connectivity index (χ0n) is 15.9. The first-order valence-corrected chi connectivity index (χ1v) is 9.49. The highest BCUT2D eigenvalue weighted by molar-refractivity contribution is 5.82. The average molecular weight is 355 g/mol. The first kappa shape index (κ1) is 17.3. The molecule has 1 heterocycles. The van der Waals surface area contributed by atoms with Crippen LogP contribution in [-0.2, 0) is 13.0 Å². The van der Waals surface area contributed by atoms with E-state index in [0.29, 0.717) is 0 Å². The number of benzene rings is 3. The van der Waals surface area contributed by atoms with Gasteiger partial charge in [0.25, 0.3) is 0 Å². The van der Waals surface area contributed by atoms with Crippen LogP contribution in [0.5, 0.6) is 0 Å². The monoisotopic (exact) mass is 355 g/mol. The topological polar surface area (TPSA) is 43.8 Å². The predicted octanol–water partition coefficient (Wildman–Crippen LogP) is 5.54. The van der Waals surface area contributed by atoms with Gasteiger partial charge in [0.1, 0.15) is 5.82 Å². The van der Waals surface area contributed by atoms with Gasteiger partial charge in [0.15, 0.2) is 0 Å². The Kier molecular flexibility index (Phi) is 4.68. The summed E-state index contributed by atoms with van der Waals surface area (Å²) in [6.45, 7) is 5.25. The lowest BCUT2D eigenvalue weighted by Crippen LogP contribution is -2.02. The van der Waals surface area contributed by atoms with Crippen molar-refractivity contribution in [1.82, 2.24) is 9.55 Å². The minimum absolute atomic E-state index is 0.775. The number of nitrogens with zero attached hydrogens (tertiary/aromatic N) is 2. The molecule has 0 radical (unpaired) electrons. The molecule has 0 atom stereocenters. The van der Waals surface area contributed by atoms with Crippen LogP contribution in [0.2, 0.25) is 0 Å². The Morgan fingerprint density at radius 2 is 1.59 bits per heavy atom. The molecule has 3 heteroatoms. The fourth-order valence-corrected chi connectivity index (χ4v) is 3.54. The molecule has 0 spiro atoms. The quantitative estimate of drug-likeness (QED) is 0.478. The van der Waals surface area contributed by atoms with Gasteiger partial charge >= 0.3 is 0 Å². The van der Waals surface area contributed by atoms with Crippen molar-refractivity contribution in [2.75, 3.05) is 5.73 Å². The number of hydrogen-bond donors (Lipinski definition) is 1. The van der Waals surface area contributed by atoms with E-state index in [2.05, 4.69) is 73.0 Å². The van der Waals surface area contributed by atoms with Crippen molar-refractivity contribution in [3.63, 3.8) is 0 Å². The molecule has 4 rings (SSSR count). The number of hydrogen-bond acceptors (Lipinski definition) is 2. The minimum atomic E-state index is 0.775. The standard InChI is InChI=1S/C24H25N3/c1-17-15-22-23(16-18(17)2)27(14-6-9-19-7-4-3-5-8-19)24(26-22)20-10-12-21(25)13-11-20/h3-5,7-8,10-13,15-16H,6,9,14,25H2,1-2H3. The number of aromatic nitrogens is 2. The van der Waals surface area contributed by atoms with Crippen molar-refractivity contribution in [2.45, 2.75) is 33.2 Å². The van der Waals surface area contributed by atoms with Gasteiger partial charge in [-0.1, -0.05) is 30.3 Å². The SMILES string of the molecule is Cc1cc2nc(-c3ccc(N)cc3)n(CCCc3ccccc3)c2cc1C. The van der Waals surface area contributed by atoms with E-state index in [-0.39, 0.29) is 0 Å². The molecule has 0 aliphatic carbocycles. The maximum atomic E-state index is 5.88. The molecule has 1 aromatic heterocycles. The highest BCUT2D eigenvalue weighted by Gasteiger charge is 2.13. The third-order valence-electron chi connectivity index (χ3n) is 5.22. The van der Waals surface area contributed by atoms with Gasteiger partial charge in [0.05, 0.1) is 11.0 Å². The van der Waals surface area contributed by atoms with Crippen LogP contribution in [0, 0.1) is 13.8 Å². The van der Waals surface area contributed by atoms with Gasteiger partial charge < -0.3 is 10.3 Å². The van der Waals surface area contributed by atoms with E-state index in [1.165, 1.54) is 22.2 Å².